The molecule has 0 fully saturated rings. The normalized spacial score (nSPS) is 11.3. The van der Waals surface area contributed by atoms with E-state index in [0.29, 0.717) is 11.4 Å². The maximum Gasteiger partial charge on any atom is 0.319 e. The van der Waals surface area contributed by atoms with Gasteiger partial charge in [-0.2, -0.15) is 0 Å². The third-order valence-corrected chi connectivity index (χ3v) is 3.55. The Morgan fingerprint density at radius 1 is 0.885 bits per heavy atom. The molecule has 0 bridgehead atoms. The fourth-order valence-corrected chi connectivity index (χ4v) is 2.21. The number of aryl methyl sites for hydroxylation is 1. The molecule has 5 N–H and O–H groups in total. The van der Waals surface area contributed by atoms with Gasteiger partial charge in [0.05, 0.1) is 0 Å². The molecular weight excluding hydrogens is 352 g/mol. The largest absolute Gasteiger partial charge is 0.336 e. The third kappa shape index (κ3) is 6.38. The highest BCUT2D eigenvalue weighted by Gasteiger charge is 2.15. The summed E-state index contributed by atoms with van der Waals surface area (Å²) in [4.78, 5) is 23.9. The molecule has 2 aromatic carbocycles. The number of anilines is 2. The number of halogens is 1. The number of carbonyl (C=O) groups excluding carboxylic acids is 2. The number of carbonyl (C=O) groups is 2. The monoisotopic (exact) mass is 376 g/mol. The number of hydrogen-bond acceptors (Lipinski definition) is 3. The van der Waals surface area contributed by atoms with Crippen molar-refractivity contribution < 1.29 is 9.59 Å². The second-order valence-corrected chi connectivity index (χ2v) is 6.21. The molecule has 0 saturated carbocycles. The average molecular weight is 377 g/mol. The van der Waals surface area contributed by atoms with Gasteiger partial charge in [0, 0.05) is 17.4 Å². The van der Waals surface area contributed by atoms with Gasteiger partial charge in [0.15, 0.2) is 0 Å². The van der Waals surface area contributed by atoms with Gasteiger partial charge in [0.1, 0.15) is 6.04 Å². The van der Waals surface area contributed by atoms with Crippen molar-refractivity contribution in [3.8, 4) is 0 Å². The van der Waals surface area contributed by atoms with Crippen LogP contribution in [0.15, 0.2) is 48.5 Å². The van der Waals surface area contributed by atoms with Crippen molar-refractivity contribution in [3.05, 3.63) is 59.7 Å². The van der Waals surface area contributed by atoms with E-state index < -0.39 is 6.04 Å². The summed E-state index contributed by atoms with van der Waals surface area (Å²) in [5.41, 5.74) is 9.12. The Morgan fingerprint density at radius 2 is 1.38 bits per heavy atom. The molecule has 0 spiro atoms. The molecule has 0 aromatic heterocycles. The Kier molecular flexibility index (Phi) is 8.09. The van der Waals surface area contributed by atoms with Crippen LogP contribution in [0.2, 0.25) is 0 Å². The minimum Gasteiger partial charge on any atom is -0.336 e. The number of nitrogens with two attached hydrogens (primary N) is 1. The fraction of sp³-hybridized carbons (Fsp3) is 0.263. The second kappa shape index (κ2) is 9.79. The van der Waals surface area contributed by atoms with Crippen molar-refractivity contribution in [2.45, 2.75) is 32.9 Å². The molecule has 0 heterocycles. The van der Waals surface area contributed by atoms with Crippen molar-refractivity contribution in [1.82, 2.24) is 5.32 Å². The minimum absolute atomic E-state index is 0. The molecule has 0 aliphatic carbocycles. The van der Waals surface area contributed by atoms with E-state index in [2.05, 4.69) is 16.0 Å². The lowest BCUT2D eigenvalue weighted by Gasteiger charge is -2.14. The zero-order valence-electron chi connectivity index (χ0n) is 15.1. The van der Waals surface area contributed by atoms with Crippen molar-refractivity contribution in [2.75, 3.05) is 10.6 Å². The molecule has 26 heavy (non-hydrogen) atoms. The van der Waals surface area contributed by atoms with Crippen LogP contribution in [0, 0.1) is 6.92 Å². The van der Waals surface area contributed by atoms with E-state index in [1.807, 2.05) is 45.0 Å². The Labute approximate surface area is 160 Å². The van der Waals surface area contributed by atoms with Crippen LogP contribution in [0.3, 0.4) is 0 Å². The van der Waals surface area contributed by atoms with E-state index in [1.54, 1.807) is 24.3 Å². The van der Waals surface area contributed by atoms with Gasteiger partial charge in [-0.15, -0.1) is 12.4 Å². The smallest absolute Gasteiger partial charge is 0.319 e. The summed E-state index contributed by atoms with van der Waals surface area (Å²) in [6, 6.07) is 13.4. The summed E-state index contributed by atoms with van der Waals surface area (Å²) >= 11 is 0. The van der Waals surface area contributed by atoms with Gasteiger partial charge in [-0.25, -0.2) is 4.79 Å². The molecule has 3 amide bonds. The molecule has 6 nitrogen and oxygen atoms in total. The van der Waals surface area contributed by atoms with Crippen LogP contribution in [-0.4, -0.2) is 18.0 Å². The molecule has 7 heteroatoms. The maximum atomic E-state index is 12.3. The van der Waals surface area contributed by atoms with Crippen LogP contribution in [0.4, 0.5) is 16.2 Å². The zero-order chi connectivity index (χ0) is 18.4. The van der Waals surface area contributed by atoms with Gasteiger partial charge >= 0.3 is 6.03 Å². The Balaban J connectivity index is 0.00000338. The standard InChI is InChI=1S/C19H24N4O2.ClH/c1-12(2)21-19(25)23-16-10-8-15(9-11-16)22-18(24)17(20)14-6-4-13(3)5-7-14;/h4-12,17H,20H2,1-3H3,(H,22,24)(H2,21,23,25);1H. The molecule has 0 radical (unpaired) electrons. The first kappa shape index (κ1) is 21.5. The van der Waals surface area contributed by atoms with E-state index in [4.69, 9.17) is 5.73 Å². The van der Waals surface area contributed by atoms with E-state index in [1.165, 1.54) is 0 Å². The number of urea groups is 1. The maximum absolute atomic E-state index is 12.3. The first-order valence-corrected chi connectivity index (χ1v) is 8.16. The molecule has 0 saturated heterocycles. The number of nitrogens with one attached hydrogen (secondary N) is 3. The van der Waals surface area contributed by atoms with Gasteiger partial charge in [-0.05, 0) is 50.6 Å². The quantitative estimate of drug-likeness (QED) is 0.642. The summed E-state index contributed by atoms with van der Waals surface area (Å²) in [5, 5.41) is 8.23. The minimum atomic E-state index is -0.741. The second-order valence-electron chi connectivity index (χ2n) is 6.21. The lowest BCUT2D eigenvalue weighted by atomic mass is 10.1. The van der Waals surface area contributed by atoms with Crippen molar-refractivity contribution in [3.63, 3.8) is 0 Å². The molecule has 140 valence electrons. The highest BCUT2D eigenvalue weighted by molar-refractivity contribution is 5.96. The fourth-order valence-electron chi connectivity index (χ4n) is 2.21. The van der Waals surface area contributed by atoms with E-state index in [-0.39, 0.29) is 30.4 Å². The Hall–Kier alpha value is -2.57. The summed E-state index contributed by atoms with van der Waals surface area (Å²) in [6.07, 6.45) is 0. The number of benzene rings is 2. The molecule has 1 unspecified atom stereocenters. The van der Waals surface area contributed by atoms with Crippen LogP contribution >= 0.6 is 12.4 Å². The van der Waals surface area contributed by atoms with Crippen molar-refractivity contribution in [2.24, 2.45) is 5.73 Å². The lowest BCUT2D eigenvalue weighted by Crippen LogP contribution is -2.34. The van der Waals surface area contributed by atoms with E-state index >= 15 is 0 Å². The summed E-state index contributed by atoms with van der Waals surface area (Å²) < 4.78 is 0. The van der Waals surface area contributed by atoms with Gasteiger partial charge in [0.2, 0.25) is 5.91 Å². The summed E-state index contributed by atoms with van der Waals surface area (Å²) in [6.45, 7) is 5.75. The molecular formula is C19H25ClN4O2. The number of rotatable bonds is 5. The predicted octanol–water partition coefficient (Wildman–Crippen LogP) is 3.59. The number of amides is 3. The van der Waals surface area contributed by atoms with Gasteiger partial charge in [-0.1, -0.05) is 29.8 Å². The average Bonchev–Trinajstić information content (AvgIpc) is 2.56. The highest BCUT2D eigenvalue weighted by atomic mass is 35.5. The molecule has 2 rings (SSSR count). The zero-order valence-corrected chi connectivity index (χ0v) is 15.9. The van der Waals surface area contributed by atoms with Gasteiger partial charge in [-0.3, -0.25) is 4.79 Å². The van der Waals surface area contributed by atoms with Gasteiger partial charge in [0.25, 0.3) is 0 Å². The van der Waals surface area contributed by atoms with Crippen molar-refractivity contribution in [1.29, 1.82) is 0 Å². The van der Waals surface area contributed by atoms with E-state index in [9.17, 15) is 9.59 Å². The first-order valence-electron chi connectivity index (χ1n) is 8.16. The molecule has 0 aliphatic heterocycles. The lowest BCUT2D eigenvalue weighted by molar-refractivity contribution is -0.117. The Bertz CT molecular complexity index is 730. The molecule has 1 atom stereocenters. The van der Waals surface area contributed by atoms with E-state index in [0.717, 1.165) is 11.1 Å². The summed E-state index contributed by atoms with van der Waals surface area (Å²) in [7, 11) is 0. The summed E-state index contributed by atoms with van der Waals surface area (Å²) in [5.74, 6) is -0.290. The Morgan fingerprint density at radius 3 is 1.88 bits per heavy atom. The highest BCUT2D eigenvalue weighted by Crippen LogP contribution is 2.17. The van der Waals surface area contributed by atoms with Crippen LogP contribution < -0.4 is 21.7 Å². The van der Waals surface area contributed by atoms with Crippen LogP contribution in [0.25, 0.3) is 0 Å². The van der Waals surface area contributed by atoms with Crippen LogP contribution in [0.5, 0.6) is 0 Å². The molecule has 2 aromatic rings. The van der Waals surface area contributed by atoms with Crippen LogP contribution in [0.1, 0.15) is 31.0 Å². The first-order chi connectivity index (χ1) is 11.8. The SMILES string of the molecule is Cc1ccc(C(N)C(=O)Nc2ccc(NC(=O)NC(C)C)cc2)cc1.Cl. The number of hydrogen-bond donors (Lipinski definition) is 4. The topological polar surface area (TPSA) is 96.2 Å². The van der Waals surface area contributed by atoms with Crippen molar-refractivity contribution >= 4 is 35.7 Å². The van der Waals surface area contributed by atoms with Gasteiger partial charge < -0.3 is 21.7 Å². The van der Waals surface area contributed by atoms with Crippen LogP contribution in [-0.2, 0) is 4.79 Å². The predicted molar refractivity (Wildman–Crippen MR) is 108 cm³/mol. The molecule has 0 aliphatic rings. The third-order valence-electron chi connectivity index (χ3n) is 3.55.